The number of hydrogen-bond acceptors (Lipinski definition) is 2. The Kier molecular flexibility index (Phi) is 2.44. The van der Waals surface area contributed by atoms with E-state index in [1.54, 1.807) is 0 Å². The first-order valence-electron chi connectivity index (χ1n) is 5.30. The summed E-state index contributed by atoms with van der Waals surface area (Å²) in [5, 5.41) is 2.57. The standard InChI is InChI=1S/C10H16N2O2/c1-7-4-2-3-5-8(7)12-9(13)6-11-10(12)14/h7-8H,2-6H2,1H3,(H,11,14). The second-order valence-electron chi connectivity index (χ2n) is 4.25. The normalized spacial score (nSPS) is 33.4. The highest BCUT2D eigenvalue weighted by Crippen LogP contribution is 2.29. The van der Waals surface area contributed by atoms with E-state index in [2.05, 4.69) is 12.2 Å². The highest BCUT2D eigenvalue weighted by Gasteiger charge is 2.38. The van der Waals surface area contributed by atoms with E-state index in [0.29, 0.717) is 5.92 Å². The summed E-state index contributed by atoms with van der Waals surface area (Å²) < 4.78 is 0. The van der Waals surface area contributed by atoms with Crippen molar-refractivity contribution in [2.75, 3.05) is 6.54 Å². The predicted octanol–water partition coefficient (Wildman–Crippen LogP) is 1.12. The van der Waals surface area contributed by atoms with Crippen molar-refractivity contribution < 1.29 is 9.59 Å². The summed E-state index contributed by atoms with van der Waals surface area (Å²) in [6, 6.07) is -0.0625. The molecule has 1 saturated heterocycles. The number of imide groups is 1. The first-order chi connectivity index (χ1) is 6.70. The minimum atomic E-state index is -0.200. The second-order valence-corrected chi connectivity index (χ2v) is 4.25. The summed E-state index contributed by atoms with van der Waals surface area (Å²) in [6.07, 6.45) is 4.45. The Balaban J connectivity index is 2.12. The third kappa shape index (κ3) is 1.49. The largest absolute Gasteiger partial charge is 0.329 e. The molecule has 4 heteroatoms. The lowest BCUT2D eigenvalue weighted by molar-refractivity contribution is -0.127. The lowest BCUT2D eigenvalue weighted by Gasteiger charge is -2.33. The van der Waals surface area contributed by atoms with Crippen LogP contribution in [0.1, 0.15) is 32.6 Å². The Morgan fingerprint density at radius 2 is 2.00 bits per heavy atom. The first-order valence-corrected chi connectivity index (χ1v) is 5.30. The van der Waals surface area contributed by atoms with Crippen molar-refractivity contribution in [2.24, 2.45) is 5.92 Å². The fourth-order valence-corrected chi connectivity index (χ4v) is 2.45. The van der Waals surface area contributed by atoms with Crippen LogP contribution in [0, 0.1) is 5.92 Å². The molecule has 1 aliphatic heterocycles. The van der Waals surface area contributed by atoms with E-state index in [9.17, 15) is 9.59 Å². The summed E-state index contributed by atoms with van der Waals surface area (Å²) in [6.45, 7) is 2.31. The summed E-state index contributed by atoms with van der Waals surface area (Å²) in [7, 11) is 0. The van der Waals surface area contributed by atoms with Crippen LogP contribution in [0.15, 0.2) is 0 Å². The molecule has 2 atom stereocenters. The molecule has 78 valence electrons. The third-order valence-electron chi connectivity index (χ3n) is 3.28. The van der Waals surface area contributed by atoms with Crippen LogP contribution < -0.4 is 5.32 Å². The van der Waals surface area contributed by atoms with Crippen molar-refractivity contribution in [2.45, 2.75) is 38.6 Å². The average Bonchev–Trinajstić information content (AvgIpc) is 2.48. The molecule has 14 heavy (non-hydrogen) atoms. The van der Waals surface area contributed by atoms with Crippen LogP contribution in [0.2, 0.25) is 0 Å². The maximum Gasteiger partial charge on any atom is 0.324 e. The molecule has 0 radical (unpaired) electrons. The molecule has 0 bridgehead atoms. The number of carbonyl (C=O) groups is 2. The quantitative estimate of drug-likeness (QED) is 0.639. The van der Waals surface area contributed by atoms with Gasteiger partial charge in [0.1, 0.15) is 0 Å². The molecule has 1 saturated carbocycles. The molecule has 1 aliphatic carbocycles. The second kappa shape index (κ2) is 3.59. The van der Waals surface area contributed by atoms with Crippen molar-refractivity contribution in [3.8, 4) is 0 Å². The zero-order valence-electron chi connectivity index (χ0n) is 8.45. The van der Waals surface area contributed by atoms with Crippen LogP contribution in [-0.4, -0.2) is 29.4 Å². The van der Waals surface area contributed by atoms with Gasteiger partial charge >= 0.3 is 6.03 Å². The van der Waals surface area contributed by atoms with Gasteiger partial charge in [-0.3, -0.25) is 9.69 Å². The molecule has 0 aromatic carbocycles. The highest BCUT2D eigenvalue weighted by atomic mass is 16.2. The van der Waals surface area contributed by atoms with Gasteiger partial charge in [0.2, 0.25) is 5.91 Å². The molecular weight excluding hydrogens is 180 g/mol. The van der Waals surface area contributed by atoms with Crippen LogP contribution in [-0.2, 0) is 4.79 Å². The lowest BCUT2D eigenvalue weighted by atomic mass is 9.85. The molecule has 0 spiro atoms. The predicted molar refractivity (Wildman–Crippen MR) is 51.7 cm³/mol. The molecule has 2 rings (SSSR count). The molecule has 2 aliphatic rings. The van der Waals surface area contributed by atoms with Crippen molar-refractivity contribution >= 4 is 11.9 Å². The van der Waals surface area contributed by atoms with E-state index in [0.717, 1.165) is 19.3 Å². The van der Waals surface area contributed by atoms with Gasteiger partial charge in [-0.15, -0.1) is 0 Å². The Hall–Kier alpha value is -1.06. The molecule has 3 amide bonds. The summed E-state index contributed by atoms with van der Waals surface area (Å²) >= 11 is 0. The van der Waals surface area contributed by atoms with E-state index in [1.807, 2.05) is 0 Å². The van der Waals surface area contributed by atoms with Crippen molar-refractivity contribution in [3.05, 3.63) is 0 Å². The number of amides is 3. The summed E-state index contributed by atoms with van der Waals surface area (Å²) in [4.78, 5) is 24.3. The van der Waals surface area contributed by atoms with E-state index >= 15 is 0 Å². The number of nitrogens with zero attached hydrogens (tertiary/aromatic N) is 1. The maximum absolute atomic E-state index is 11.5. The van der Waals surface area contributed by atoms with Gasteiger partial charge < -0.3 is 5.32 Å². The topological polar surface area (TPSA) is 49.4 Å². The monoisotopic (exact) mass is 196 g/mol. The van der Waals surface area contributed by atoms with Gasteiger partial charge in [-0.05, 0) is 18.8 Å². The minimum Gasteiger partial charge on any atom is -0.329 e. The SMILES string of the molecule is CC1CCCCC1N1C(=O)CNC1=O. The number of nitrogens with one attached hydrogen (secondary N) is 1. The van der Waals surface area contributed by atoms with Crippen LogP contribution in [0.5, 0.6) is 0 Å². The molecule has 0 aromatic heterocycles. The fourth-order valence-electron chi connectivity index (χ4n) is 2.45. The van der Waals surface area contributed by atoms with Gasteiger partial charge in [0.05, 0.1) is 6.54 Å². The molecule has 2 unspecified atom stereocenters. The molecule has 2 fully saturated rings. The Morgan fingerprint density at radius 3 is 2.57 bits per heavy atom. The van der Waals surface area contributed by atoms with Gasteiger partial charge in [-0.25, -0.2) is 4.79 Å². The van der Waals surface area contributed by atoms with Crippen molar-refractivity contribution in [1.29, 1.82) is 0 Å². The highest BCUT2D eigenvalue weighted by molar-refractivity contribution is 6.02. The van der Waals surface area contributed by atoms with Gasteiger partial charge in [0.15, 0.2) is 0 Å². The zero-order valence-corrected chi connectivity index (χ0v) is 8.45. The van der Waals surface area contributed by atoms with E-state index in [1.165, 1.54) is 11.3 Å². The molecule has 4 nitrogen and oxygen atoms in total. The molecular formula is C10H16N2O2. The van der Waals surface area contributed by atoms with Gasteiger partial charge in [0, 0.05) is 6.04 Å². The lowest BCUT2D eigenvalue weighted by Crippen LogP contribution is -2.45. The van der Waals surface area contributed by atoms with Crippen molar-refractivity contribution in [3.63, 3.8) is 0 Å². The fraction of sp³-hybridized carbons (Fsp3) is 0.800. The Labute approximate surface area is 83.6 Å². The number of rotatable bonds is 1. The molecule has 0 aromatic rings. The zero-order chi connectivity index (χ0) is 10.1. The van der Waals surface area contributed by atoms with E-state index < -0.39 is 0 Å². The van der Waals surface area contributed by atoms with Gasteiger partial charge in [-0.2, -0.15) is 0 Å². The van der Waals surface area contributed by atoms with Crippen LogP contribution >= 0.6 is 0 Å². The molecule has 1 N–H and O–H groups in total. The van der Waals surface area contributed by atoms with Crippen LogP contribution in [0.4, 0.5) is 4.79 Å². The van der Waals surface area contributed by atoms with Crippen LogP contribution in [0.25, 0.3) is 0 Å². The Morgan fingerprint density at radius 1 is 1.29 bits per heavy atom. The maximum atomic E-state index is 11.5. The smallest absolute Gasteiger partial charge is 0.324 e. The third-order valence-corrected chi connectivity index (χ3v) is 3.28. The first kappa shape index (κ1) is 9.49. The van der Waals surface area contributed by atoms with Crippen LogP contribution in [0.3, 0.4) is 0 Å². The summed E-state index contributed by atoms with van der Waals surface area (Å²) in [5.41, 5.74) is 0. The van der Waals surface area contributed by atoms with E-state index in [-0.39, 0.29) is 24.5 Å². The summed E-state index contributed by atoms with van der Waals surface area (Å²) in [5.74, 6) is 0.394. The molecule has 1 heterocycles. The Bertz CT molecular complexity index is 249. The van der Waals surface area contributed by atoms with Crippen molar-refractivity contribution in [1.82, 2.24) is 10.2 Å². The van der Waals surface area contributed by atoms with Gasteiger partial charge in [0.25, 0.3) is 0 Å². The van der Waals surface area contributed by atoms with Gasteiger partial charge in [-0.1, -0.05) is 19.8 Å². The average molecular weight is 196 g/mol. The number of hydrogen-bond donors (Lipinski definition) is 1. The van der Waals surface area contributed by atoms with E-state index in [4.69, 9.17) is 0 Å². The minimum absolute atomic E-state index is 0.0613. The number of urea groups is 1. The number of carbonyl (C=O) groups excluding carboxylic acids is 2.